The number of furan rings is 1. The number of benzene rings is 2. The summed E-state index contributed by atoms with van der Waals surface area (Å²) in [7, 11) is 0. The Hall–Kier alpha value is -2.88. The maximum absolute atomic E-state index is 12.2. The summed E-state index contributed by atoms with van der Waals surface area (Å²) in [6.45, 7) is 0.185. The Kier molecular flexibility index (Phi) is 5.52. The molecule has 3 rings (SSSR count). The van der Waals surface area contributed by atoms with Crippen LogP contribution in [0.4, 0.5) is 11.4 Å². The second-order valence-corrected chi connectivity index (χ2v) is 6.52. The molecule has 0 radical (unpaired) electrons. The molecule has 1 aromatic heterocycles. The van der Waals surface area contributed by atoms with Gasteiger partial charge in [0.2, 0.25) is 0 Å². The number of amides is 1. The van der Waals surface area contributed by atoms with Crippen molar-refractivity contribution in [1.29, 1.82) is 0 Å². The normalized spacial score (nSPS) is 10.3. The monoisotopic (exact) mass is 464 g/mol. The van der Waals surface area contributed by atoms with Crippen LogP contribution in [0.25, 0.3) is 0 Å². The van der Waals surface area contributed by atoms with E-state index in [4.69, 9.17) is 9.15 Å². The number of nitro benzene ring substituents is 1. The van der Waals surface area contributed by atoms with Gasteiger partial charge >= 0.3 is 0 Å². The van der Waals surface area contributed by atoms with Crippen molar-refractivity contribution >= 4 is 39.9 Å². The summed E-state index contributed by atoms with van der Waals surface area (Å²) >= 11 is 2.21. The summed E-state index contributed by atoms with van der Waals surface area (Å²) in [5, 5.41) is 13.3. The van der Waals surface area contributed by atoms with Crippen LogP contribution in [-0.4, -0.2) is 10.8 Å². The zero-order valence-corrected chi connectivity index (χ0v) is 15.5. The highest BCUT2D eigenvalue weighted by Gasteiger charge is 2.13. The Morgan fingerprint density at radius 2 is 1.92 bits per heavy atom. The van der Waals surface area contributed by atoms with Crippen LogP contribution in [0.1, 0.15) is 16.3 Å². The molecular weight excluding hydrogens is 451 g/mol. The maximum Gasteiger partial charge on any atom is 0.291 e. The lowest BCUT2D eigenvalue weighted by molar-refractivity contribution is -0.384. The molecule has 0 aliphatic heterocycles. The number of anilines is 1. The van der Waals surface area contributed by atoms with Crippen LogP contribution in [0, 0.1) is 13.7 Å². The topological polar surface area (TPSA) is 94.6 Å². The molecule has 1 heterocycles. The van der Waals surface area contributed by atoms with Crippen LogP contribution in [0.2, 0.25) is 0 Å². The third kappa shape index (κ3) is 4.60. The van der Waals surface area contributed by atoms with E-state index in [0.717, 1.165) is 3.57 Å². The van der Waals surface area contributed by atoms with Gasteiger partial charge in [0, 0.05) is 21.4 Å². The molecule has 1 N–H and O–H groups in total. The molecule has 0 aliphatic carbocycles. The van der Waals surface area contributed by atoms with Gasteiger partial charge in [-0.1, -0.05) is 6.07 Å². The smallest absolute Gasteiger partial charge is 0.291 e. The molecule has 1 amide bonds. The van der Waals surface area contributed by atoms with E-state index >= 15 is 0 Å². The lowest BCUT2D eigenvalue weighted by Crippen LogP contribution is -2.11. The van der Waals surface area contributed by atoms with Crippen molar-refractivity contribution < 1.29 is 18.9 Å². The largest absolute Gasteiger partial charge is 0.486 e. The van der Waals surface area contributed by atoms with Crippen molar-refractivity contribution in [3.8, 4) is 5.75 Å². The third-order valence-corrected chi connectivity index (χ3v) is 4.11. The molecular formula is C18H13IN2O5. The van der Waals surface area contributed by atoms with Crippen molar-refractivity contribution in [3.05, 3.63) is 85.9 Å². The lowest BCUT2D eigenvalue weighted by atomic mass is 10.2. The number of rotatable bonds is 6. The SMILES string of the molecule is O=C(Nc1cccc([N+](=O)[O-])c1)c1ccc(COc2ccc(I)cc2)o1. The number of ether oxygens (including phenoxy) is 1. The number of nitro groups is 1. The number of halogens is 1. The first-order valence-electron chi connectivity index (χ1n) is 7.54. The molecule has 0 bridgehead atoms. The number of hydrogen-bond acceptors (Lipinski definition) is 5. The first-order valence-corrected chi connectivity index (χ1v) is 8.62. The standard InChI is InChI=1S/C18H13IN2O5/c19-12-4-6-15(7-5-12)25-11-16-8-9-17(26-16)18(22)20-13-2-1-3-14(10-13)21(23)24/h1-10H,11H2,(H,20,22). The highest BCUT2D eigenvalue weighted by atomic mass is 127. The molecule has 0 aliphatic rings. The molecule has 0 unspecified atom stereocenters. The number of hydrogen-bond donors (Lipinski definition) is 1. The minimum absolute atomic E-state index is 0.0951. The van der Waals surface area contributed by atoms with Crippen molar-refractivity contribution in [2.45, 2.75) is 6.61 Å². The first kappa shape index (κ1) is 17.9. The summed E-state index contributed by atoms with van der Waals surface area (Å²) < 4.78 is 12.2. The fraction of sp³-hybridized carbons (Fsp3) is 0.0556. The Morgan fingerprint density at radius 3 is 2.65 bits per heavy atom. The minimum Gasteiger partial charge on any atom is -0.486 e. The molecule has 3 aromatic rings. The van der Waals surface area contributed by atoms with Crippen molar-refractivity contribution in [1.82, 2.24) is 0 Å². The molecule has 132 valence electrons. The average molecular weight is 464 g/mol. The van der Waals surface area contributed by atoms with E-state index in [2.05, 4.69) is 27.9 Å². The second kappa shape index (κ2) is 8.00. The van der Waals surface area contributed by atoms with Crippen LogP contribution in [0.5, 0.6) is 5.75 Å². The van der Waals surface area contributed by atoms with Crippen LogP contribution >= 0.6 is 22.6 Å². The second-order valence-electron chi connectivity index (χ2n) is 5.27. The summed E-state index contributed by atoms with van der Waals surface area (Å²) in [6, 6.07) is 16.4. The Labute approximate surface area is 162 Å². The zero-order valence-electron chi connectivity index (χ0n) is 13.3. The van der Waals surface area contributed by atoms with Crippen LogP contribution < -0.4 is 10.1 Å². The third-order valence-electron chi connectivity index (χ3n) is 3.40. The summed E-state index contributed by atoms with van der Waals surface area (Å²) in [5.74, 6) is 0.792. The van der Waals surface area contributed by atoms with Crippen molar-refractivity contribution in [2.24, 2.45) is 0 Å². The highest BCUT2D eigenvalue weighted by molar-refractivity contribution is 14.1. The quantitative estimate of drug-likeness (QED) is 0.326. The maximum atomic E-state index is 12.2. The van der Waals surface area contributed by atoms with Gasteiger partial charge in [-0.3, -0.25) is 14.9 Å². The lowest BCUT2D eigenvalue weighted by Gasteiger charge is -2.04. The van der Waals surface area contributed by atoms with Gasteiger partial charge in [-0.15, -0.1) is 0 Å². The van der Waals surface area contributed by atoms with Crippen LogP contribution in [-0.2, 0) is 6.61 Å². The van der Waals surface area contributed by atoms with E-state index in [1.807, 2.05) is 24.3 Å². The van der Waals surface area contributed by atoms with Gasteiger partial charge in [0.05, 0.1) is 4.92 Å². The van der Waals surface area contributed by atoms with Gasteiger partial charge in [-0.05, 0) is 65.1 Å². The average Bonchev–Trinajstić information content (AvgIpc) is 3.11. The van der Waals surface area contributed by atoms with Crippen LogP contribution in [0.15, 0.2) is 65.1 Å². The van der Waals surface area contributed by atoms with E-state index in [1.54, 1.807) is 12.1 Å². The van der Waals surface area contributed by atoms with Gasteiger partial charge in [-0.2, -0.15) is 0 Å². The molecule has 7 nitrogen and oxygen atoms in total. The van der Waals surface area contributed by atoms with E-state index in [1.165, 1.54) is 24.3 Å². The summed E-state index contributed by atoms with van der Waals surface area (Å²) in [6.07, 6.45) is 0. The highest BCUT2D eigenvalue weighted by Crippen LogP contribution is 2.19. The molecule has 0 spiro atoms. The molecule has 2 aromatic carbocycles. The predicted molar refractivity (Wildman–Crippen MR) is 103 cm³/mol. The molecule has 0 atom stereocenters. The van der Waals surface area contributed by atoms with Gasteiger partial charge in [0.1, 0.15) is 18.1 Å². The number of non-ortho nitro benzene ring substituents is 1. The summed E-state index contributed by atoms with van der Waals surface area (Å²) in [5.41, 5.74) is 0.214. The van der Waals surface area contributed by atoms with Gasteiger partial charge < -0.3 is 14.5 Å². The summed E-state index contributed by atoms with van der Waals surface area (Å²) in [4.78, 5) is 22.5. The molecule has 8 heteroatoms. The Morgan fingerprint density at radius 1 is 1.15 bits per heavy atom. The van der Waals surface area contributed by atoms with Crippen molar-refractivity contribution in [3.63, 3.8) is 0 Å². The van der Waals surface area contributed by atoms with Crippen LogP contribution in [0.3, 0.4) is 0 Å². The fourth-order valence-electron chi connectivity index (χ4n) is 2.15. The number of nitrogens with one attached hydrogen (secondary N) is 1. The number of carbonyl (C=O) groups excluding carboxylic acids is 1. The van der Waals surface area contributed by atoms with Gasteiger partial charge in [0.25, 0.3) is 11.6 Å². The van der Waals surface area contributed by atoms with E-state index in [0.29, 0.717) is 17.2 Å². The minimum atomic E-state index is -0.525. The van der Waals surface area contributed by atoms with Crippen molar-refractivity contribution in [2.75, 3.05) is 5.32 Å². The molecule has 0 fully saturated rings. The van der Waals surface area contributed by atoms with E-state index in [-0.39, 0.29) is 18.1 Å². The van der Waals surface area contributed by atoms with E-state index in [9.17, 15) is 14.9 Å². The molecule has 26 heavy (non-hydrogen) atoms. The fourth-order valence-corrected chi connectivity index (χ4v) is 2.51. The Bertz CT molecular complexity index is 937. The zero-order chi connectivity index (χ0) is 18.5. The molecule has 0 saturated carbocycles. The van der Waals surface area contributed by atoms with Gasteiger partial charge in [-0.25, -0.2) is 0 Å². The predicted octanol–water partition coefficient (Wildman–Crippen LogP) is 4.62. The van der Waals surface area contributed by atoms with Gasteiger partial charge in [0.15, 0.2) is 5.76 Å². The van der Waals surface area contributed by atoms with E-state index < -0.39 is 10.8 Å². The first-order chi connectivity index (χ1) is 12.5. The number of nitrogens with zero attached hydrogens (tertiary/aromatic N) is 1. The number of carbonyl (C=O) groups is 1. The molecule has 0 saturated heterocycles. The Balaban J connectivity index is 1.61.